The van der Waals surface area contributed by atoms with Gasteiger partial charge in [0, 0.05) is 19.5 Å². The third-order valence-corrected chi connectivity index (χ3v) is 1.95. The van der Waals surface area contributed by atoms with Crippen molar-refractivity contribution in [3.05, 3.63) is 35.9 Å². The molecule has 0 aliphatic heterocycles. The normalized spacial score (nSPS) is 9.50. The van der Waals surface area contributed by atoms with Crippen molar-refractivity contribution in [3.8, 4) is 0 Å². The highest BCUT2D eigenvalue weighted by atomic mass is 16.2. The highest BCUT2D eigenvalue weighted by Gasteiger charge is 2.00. The molecule has 4 N–H and O–H groups in total. The van der Waals surface area contributed by atoms with Crippen LogP contribution in [-0.4, -0.2) is 18.5 Å². The van der Waals surface area contributed by atoms with E-state index in [1.165, 1.54) is 0 Å². The second-order valence-electron chi connectivity index (χ2n) is 3.31. The van der Waals surface area contributed by atoms with Crippen LogP contribution in [0.3, 0.4) is 0 Å². The van der Waals surface area contributed by atoms with Crippen molar-refractivity contribution in [2.75, 3.05) is 6.54 Å². The van der Waals surface area contributed by atoms with Gasteiger partial charge < -0.3 is 16.4 Å². The first-order valence-corrected chi connectivity index (χ1v) is 5.02. The molecule has 0 heterocycles. The van der Waals surface area contributed by atoms with Gasteiger partial charge in [0.05, 0.1) is 0 Å². The van der Waals surface area contributed by atoms with E-state index in [2.05, 4.69) is 10.6 Å². The Morgan fingerprint density at radius 2 is 1.81 bits per heavy atom. The number of amides is 3. The standard InChI is InChI=1S/C11H15N3O2/c12-10(15)6-7-13-11(16)14-8-9-4-2-1-3-5-9/h1-5H,6-8H2,(H2,12,15)(H2,13,14,16). The summed E-state index contributed by atoms with van der Waals surface area (Å²) in [5.41, 5.74) is 5.95. The number of benzene rings is 1. The van der Waals surface area contributed by atoms with Gasteiger partial charge >= 0.3 is 6.03 Å². The van der Waals surface area contributed by atoms with E-state index in [4.69, 9.17) is 5.73 Å². The van der Waals surface area contributed by atoms with Crippen LogP contribution in [0.15, 0.2) is 30.3 Å². The summed E-state index contributed by atoms with van der Waals surface area (Å²) in [6.45, 7) is 0.721. The average molecular weight is 221 g/mol. The smallest absolute Gasteiger partial charge is 0.315 e. The number of hydrogen-bond donors (Lipinski definition) is 3. The summed E-state index contributed by atoms with van der Waals surface area (Å²) in [4.78, 5) is 21.6. The number of hydrogen-bond acceptors (Lipinski definition) is 2. The zero-order valence-corrected chi connectivity index (χ0v) is 8.90. The van der Waals surface area contributed by atoms with Crippen molar-refractivity contribution in [1.82, 2.24) is 10.6 Å². The fourth-order valence-electron chi connectivity index (χ4n) is 1.14. The molecule has 86 valence electrons. The lowest BCUT2D eigenvalue weighted by Crippen LogP contribution is -2.36. The van der Waals surface area contributed by atoms with E-state index in [0.29, 0.717) is 6.54 Å². The van der Waals surface area contributed by atoms with Crippen LogP contribution in [0.4, 0.5) is 4.79 Å². The van der Waals surface area contributed by atoms with E-state index < -0.39 is 5.91 Å². The van der Waals surface area contributed by atoms with Crippen LogP contribution in [0.2, 0.25) is 0 Å². The highest BCUT2D eigenvalue weighted by Crippen LogP contribution is 1.96. The number of urea groups is 1. The van der Waals surface area contributed by atoms with E-state index in [9.17, 15) is 9.59 Å². The van der Waals surface area contributed by atoms with Gasteiger partial charge in [-0.15, -0.1) is 0 Å². The molecule has 0 saturated carbocycles. The molecule has 0 unspecified atom stereocenters. The van der Waals surface area contributed by atoms with E-state index >= 15 is 0 Å². The fraction of sp³-hybridized carbons (Fsp3) is 0.273. The zero-order chi connectivity index (χ0) is 11.8. The predicted octanol–water partition coefficient (Wildman–Crippen LogP) is 0.361. The third-order valence-electron chi connectivity index (χ3n) is 1.95. The second kappa shape index (κ2) is 6.44. The van der Waals surface area contributed by atoms with Crippen LogP contribution >= 0.6 is 0 Å². The van der Waals surface area contributed by atoms with Crippen LogP contribution in [0.1, 0.15) is 12.0 Å². The molecule has 5 nitrogen and oxygen atoms in total. The van der Waals surface area contributed by atoms with E-state index in [0.717, 1.165) is 5.56 Å². The molecule has 0 aromatic heterocycles. The molecule has 1 aromatic rings. The van der Waals surface area contributed by atoms with Crippen LogP contribution in [0.5, 0.6) is 0 Å². The molecular formula is C11H15N3O2. The lowest BCUT2D eigenvalue weighted by Gasteiger charge is -2.06. The van der Waals surface area contributed by atoms with E-state index in [1.54, 1.807) is 0 Å². The minimum absolute atomic E-state index is 0.152. The van der Waals surface area contributed by atoms with Gasteiger partial charge in [-0.2, -0.15) is 0 Å². The predicted molar refractivity (Wildman–Crippen MR) is 60.5 cm³/mol. The lowest BCUT2D eigenvalue weighted by atomic mass is 10.2. The Hall–Kier alpha value is -2.04. The molecule has 0 atom stereocenters. The molecule has 0 bridgehead atoms. The topological polar surface area (TPSA) is 84.2 Å². The minimum atomic E-state index is -0.427. The molecule has 0 saturated heterocycles. The summed E-state index contributed by atoms with van der Waals surface area (Å²) in [5, 5.41) is 5.20. The van der Waals surface area contributed by atoms with E-state index in [-0.39, 0.29) is 19.0 Å². The van der Waals surface area contributed by atoms with Gasteiger partial charge in [-0.25, -0.2) is 4.79 Å². The number of primary amides is 1. The molecule has 16 heavy (non-hydrogen) atoms. The average Bonchev–Trinajstić information content (AvgIpc) is 2.27. The summed E-state index contributed by atoms with van der Waals surface area (Å²) in [5.74, 6) is -0.427. The maximum absolute atomic E-state index is 11.2. The maximum Gasteiger partial charge on any atom is 0.315 e. The SMILES string of the molecule is NC(=O)CCNC(=O)NCc1ccccc1. The second-order valence-corrected chi connectivity index (χ2v) is 3.31. The Balaban J connectivity index is 2.18. The Labute approximate surface area is 94.0 Å². The van der Waals surface area contributed by atoms with Gasteiger partial charge in [-0.1, -0.05) is 30.3 Å². The van der Waals surface area contributed by atoms with Gasteiger partial charge in [0.2, 0.25) is 5.91 Å². The molecule has 0 aliphatic carbocycles. The van der Waals surface area contributed by atoms with Crippen molar-refractivity contribution in [2.45, 2.75) is 13.0 Å². The number of carbonyl (C=O) groups is 2. The molecule has 3 amide bonds. The summed E-state index contributed by atoms with van der Waals surface area (Å²) >= 11 is 0. The van der Waals surface area contributed by atoms with Gasteiger partial charge in [0.1, 0.15) is 0 Å². The molecule has 5 heteroatoms. The molecule has 0 aliphatic rings. The van der Waals surface area contributed by atoms with Crippen LogP contribution in [0.25, 0.3) is 0 Å². The Morgan fingerprint density at radius 1 is 1.12 bits per heavy atom. The first-order valence-electron chi connectivity index (χ1n) is 5.02. The van der Waals surface area contributed by atoms with Gasteiger partial charge in [-0.05, 0) is 5.56 Å². The molecule has 1 rings (SSSR count). The summed E-state index contributed by atoms with van der Waals surface area (Å²) in [6, 6.07) is 9.26. The molecule has 0 radical (unpaired) electrons. The maximum atomic E-state index is 11.2. The minimum Gasteiger partial charge on any atom is -0.370 e. The van der Waals surface area contributed by atoms with E-state index in [1.807, 2.05) is 30.3 Å². The molecule has 1 aromatic carbocycles. The number of nitrogens with two attached hydrogens (primary N) is 1. The summed E-state index contributed by atoms with van der Waals surface area (Å²) in [7, 11) is 0. The first kappa shape index (κ1) is 12.0. The van der Waals surface area contributed by atoms with Gasteiger partial charge in [0.15, 0.2) is 0 Å². The number of rotatable bonds is 5. The van der Waals surface area contributed by atoms with Crippen LogP contribution < -0.4 is 16.4 Å². The third kappa shape index (κ3) is 4.99. The fourth-order valence-corrected chi connectivity index (χ4v) is 1.14. The lowest BCUT2D eigenvalue weighted by molar-refractivity contribution is -0.117. The Bertz CT molecular complexity index is 352. The molecular weight excluding hydrogens is 206 g/mol. The first-order chi connectivity index (χ1) is 7.68. The Kier molecular flexibility index (Phi) is 4.85. The molecule has 0 fully saturated rings. The van der Waals surface area contributed by atoms with Crippen molar-refractivity contribution < 1.29 is 9.59 Å². The zero-order valence-electron chi connectivity index (χ0n) is 8.90. The highest BCUT2D eigenvalue weighted by molar-refractivity contribution is 5.76. The number of carbonyl (C=O) groups excluding carboxylic acids is 2. The quantitative estimate of drug-likeness (QED) is 0.670. The van der Waals surface area contributed by atoms with Crippen molar-refractivity contribution in [2.24, 2.45) is 5.73 Å². The Morgan fingerprint density at radius 3 is 2.44 bits per heavy atom. The number of nitrogens with one attached hydrogen (secondary N) is 2. The van der Waals surface area contributed by atoms with Crippen molar-refractivity contribution in [1.29, 1.82) is 0 Å². The van der Waals surface area contributed by atoms with Gasteiger partial charge in [0.25, 0.3) is 0 Å². The van der Waals surface area contributed by atoms with Gasteiger partial charge in [-0.3, -0.25) is 4.79 Å². The summed E-state index contributed by atoms with van der Waals surface area (Å²) < 4.78 is 0. The van der Waals surface area contributed by atoms with Crippen molar-refractivity contribution >= 4 is 11.9 Å². The largest absolute Gasteiger partial charge is 0.370 e. The van der Waals surface area contributed by atoms with Crippen molar-refractivity contribution in [3.63, 3.8) is 0 Å². The van der Waals surface area contributed by atoms with Crippen LogP contribution in [0, 0.1) is 0 Å². The molecule has 0 spiro atoms. The van der Waals surface area contributed by atoms with Crippen LogP contribution in [-0.2, 0) is 11.3 Å². The monoisotopic (exact) mass is 221 g/mol. The summed E-state index contributed by atoms with van der Waals surface area (Å²) in [6.07, 6.45) is 0.152.